The van der Waals surface area contributed by atoms with Crippen LogP contribution in [0.3, 0.4) is 0 Å². The monoisotopic (exact) mass is 251 g/mol. The average Bonchev–Trinajstić information content (AvgIpc) is 2.36. The molecule has 0 fully saturated rings. The largest absolute Gasteiger partial charge is 0.479 e. The maximum absolute atomic E-state index is 10.7. The summed E-state index contributed by atoms with van der Waals surface area (Å²) in [6, 6.07) is 7.81. The van der Waals surface area contributed by atoms with Gasteiger partial charge in [0.25, 0.3) is 0 Å². The van der Waals surface area contributed by atoms with Crippen molar-refractivity contribution in [3.05, 3.63) is 29.8 Å². The van der Waals surface area contributed by atoms with E-state index in [1.54, 1.807) is 12.1 Å². The summed E-state index contributed by atoms with van der Waals surface area (Å²) in [5.41, 5.74) is 1.17. The normalized spacial score (nSPS) is 13.9. The molecular weight excluding hydrogens is 230 g/mol. The number of hydrogen-bond donors (Lipinski definition) is 2. The molecule has 0 bridgehead atoms. The smallest absolute Gasteiger partial charge is 0.344 e. The summed E-state index contributed by atoms with van der Waals surface area (Å²) in [6.07, 6.45) is 0.272. The number of benzene rings is 1. The molecule has 0 spiro atoms. The number of rotatable bonds is 7. The number of carboxylic acids is 1. The Balaban J connectivity index is 2.59. The lowest BCUT2D eigenvalue weighted by atomic mass is 10.1. The van der Waals surface area contributed by atoms with Crippen LogP contribution in [-0.2, 0) is 4.79 Å². The molecule has 4 nitrogen and oxygen atoms in total. The number of hydrogen-bond acceptors (Lipinski definition) is 3. The molecule has 0 aliphatic rings. The fourth-order valence-corrected chi connectivity index (χ4v) is 1.57. The Kier molecular flexibility index (Phi) is 5.65. The summed E-state index contributed by atoms with van der Waals surface area (Å²) in [5, 5.41) is 12.1. The van der Waals surface area contributed by atoms with Gasteiger partial charge in [0.15, 0.2) is 6.10 Å². The minimum absolute atomic E-state index is 0.288. The SMILES string of the molecule is CCCNC(C)c1ccc(OC(C)C(=O)O)cc1. The van der Waals surface area contributed by atoms with Crippen LogP contribution in [0.25, 0.3) is 0 Å². The molecule has 2 atom stereocenters. The first-order valence-corrected chi connectivity index (χ1v) is 6.27. The number of carboxylic acid groups (broad SMARTS) is 1. The van der Waals surface area contributed by atoms with Crippen molar-refractivity contribution in [2.24, 2.45) is 0 Å². The molecule has 4 heteroatoms. The standard InChI is InChI=1S/C14H21NO3/c1-4-9-15-10(2)12-5-7-13(8-6-12)18-11(3)14(16)17/h5-8,10-11,15H,4,9H2,1-3H3,(H,16,17). The van der Waals surface area contributed by atoms with Crippen molar-refractivity contribution in [3.63, 3.8) is 0 Å². The average molecular weight is 251 g/mol. The summed E-state index contributed by atoms with van der Waals surface area (Å²) in [7, 11) is 0. The van der Waals surface area contributed by atoms with Crippen molar-refractivity contribution in [2.75, 3.05) is 6.54 Å². The summed E-state index contributed by atoms with van der Waals surface area (Å²) in [6.45, 7) is 6.73. The topological polar surface area (TPSA) is 58.6 Å². The van der Waals surface area contributed by atoms with Crippen molar-refractivity contribution < 1.29 is 14.6 Å². The molecule has 2 unspecified atom stereocenters. The van der Waals surface area contributed by atoms with E-state index in [2.05, 4.69) is 19.2 Å². The van der Waals surface area contributed by atoms with Crippen LogP contribution in [0.15, 0.2) is 24.3 Å². The second-order valence-electron chi connectivity index (χ2n) is 4.34. The van der Waals surface area contributed by atoms with Gasteiger partial charge in [-0.2, -0.15) is 0 Å². The van der Waals surface area contributed by atoms with E-state index < -0.39 is 12.1 Å². The van der Waals surface area contributed by atoms with Gasteiger partial charge in [-0.3, -0.25) is 0 Å². The molecule has 0 amide bonds. The van der Waals surface area contributed by atoms with E-state index in [4.69, 9.17) is 9.84 Å². The van der Waals surface area contributed by atoms with Gasteiger partial charge in [-0.1, -0.05) is 19.1 Å². The molecule has 1 rings (SSSR count). The van der Waals surface area contributed by atoms with Crippen LogP contribution < -0.4 is 10.1 Å². The van der Waals surface area contributed by atoms with Gasteiger partial charge >= 0.3 is 5.97 Å². The first-order valence-electron chi connectivity index (χ1n) is 6.27. The quantitative estimate of drug-likeness (QED) is 0.782. The lowest BCUT2D eigenvalue weighted by Gasteiger charge is -2.15. The summed E-state index contributed by atoms with van der Waals surface area (Å²) in [4.78, 5) is 10.7. The minimum atomic E-state index is -0.961. The third-order valence-corrected chi connectivity index (χ3v) is 2.74. The summed E-state index contributed by atoms with van der Waals surface area (Å²) < 4.78 is 5.27. The van der Waals surface area contributed by atoms with Crippen LogP contribution in [-0.4, -0.2) is 23.7 Å². The highest BCUT2D eigenvalue weighted by molar-refractivity contribution is 5.72. The molecule has 1 aromatic rings. The van der Waals surface area contributed by atoms with Crippen molar-refractivity contribution in [1.82, 2.24) is 5.32 Å². The third kappa shape index (κ3) is 4.37. The Morgan fingerprint density at radius 1 is 1.33 bits per heavy atom. The van der Waals surface area contributed by atoms with Gasteiger partial charge in [0, 0.05) is 6.04 Å². The summed E-state index contributed by atoms with van der Waals surface area (Å²) >= 11 is 0. The van der Waals surface area contributed by atoms with Gasteiger partial charge in [-0.05, 0) is 44.5 Å². The number of nitrogens with one attached hydrogen (secondary N) is 1. The molecule has 0 saturated heterocycles. The predicted octanol–water partition coefficient (Wildman–Crippen LogP) is 2.60. The van der Waals surface area contributed by atoms with E-state index in [0.29, 0.717) is 5.75 Å². The maximum Gasteiger partial charge on any atom is 0.344 e. The van der Waals surface area contributed by atoms with Crippen LogP contribution >= 0.6 is 0 Å². The van der Waals surface area contributed by atoms with E-state index in [1.807, 2.05) is 12.1 Å². The van der Waals surface area contributed by atoms with Gasteiger partial charge in [0.05, 0.1) is 0 Å². The molecule has 18 heavy (non-hydrogen) atoms. The van der Waals surface area contributed by atoms with Crippen LogP contribution in [0.1, 0.15) is 38.8 Å². The molecule has 0 aliphatic heterocycles. The fourth-order valence-electron chi connectivity index (χ4n) is 1.57. The zero-order valence-electron chi connectivity index (χ0n) is 11.1. The lowest BCUT2D eigenvalue weighted by molar-refractivity contribution is -0.144. The summed E-state index contributed by atoms with van der Waals surface area (Å²) in [5.74, 6) is -0.381. The highest BCUT2D eigenvalue weighted by atomic mass is 16.5. The Labute approximate surface area is 108 Å². The molecule has 0 radical (unpaired) electrons. The van der Waals surface area contributed by atoms with E-state index >= 15 is 0 Å². The molecular formula is C14H21NO3. The van der Waals surface area contributed by atoms with Crippen molar-refractivity contribution >= 4 is 5.97 Å². The van der Waals surface area contributed by atoms with Crippen LogP contribution in [0.2, 0.25) is 0 Å². The maximum atomic E-state index is 10.7. The van der Waals surface area contributed by atoms with Gasteiger partial charge in [-0.25, -0.2) is 4.79 Å². The van der Waals surface area contributed by atoms with Crippen molar-refractivity contribution in [1.29, 1.82) is 0 Å². The highest BCUT2D eigenvalue weighted by Gasteiger charge is 2.12. The van der Waals surface area contributed by atoms with Crippen LogP contribution in [0.4, 0.5) is 0 Å². The van der Waals surface area contributed by atoms with Crippen LogP contribution in [0, 0.1) is 0 Å². The predicted molar refractivity (Wildman–Crippen MR) is 70.9 cm³/mol. The zero-order valence-corrected chi connectivity index (χ0v) is 11.1. The van der Waals surface area contributed by atoms with Gasteiger partial charge in [-0.15, -0.1) is 0 Å². The number of ether oxygens (including phenoxy) is 1. The van der Waals surface area contributed by atoms with Crippen molar-refractivity contribution in [2.45, 2.75) is 39.3 Å². The first-order chi connectivity index (χ1) is 8.54. The van der Waals surface area contributed by atoms with E-state index in [-0.39, 0.29) is 6.04 Å². The highest BCUT2D eigenvalue weighted by Crippen LogP contribution is 2.18. The molecule has 0 aromatic heterocycles. The van der Waals surface area contributed by atoms with Crippen LogP contribution in [0.5, 0.6) is 5.75 Å². The second-order valence-corrected chi connectivity index (χ2v) is 4.34. The first kappa shape index (κ1) is 14.5. The molecule has 0 heterocycles. The molecule has 2 N–H and O–H groups in total. The molecule has 0 aliphatic carbocycles. The Hall–Kier alpha value is -1.55. The van der Waals surface area contributed by atoms with Gasteiger partial charge in [0.2, 0.25) is 0 Å². The number of carbonyl (C=O) groups is 1. The second kappa shape index (κ2) is 7.01. The van der Waals surface area contributed by atoms with Crippen molar-refractivity contribution in [3.8, 4) is 5.75 Å². The molecule has 0 saturated carbocycles. The number of aliphatic carboxylic acids is 1. The van der Waals surface area contributed by atoms with E-state index in [9.17, 15) is 4.79 Å². The molecule has 1 aromatic carbocycles. The van der Waals surface area contributed by atoms with E-state index in [0.717, 1.165) is 13.0 Å². The Bertz CT molecular complexity index is 375. The van der Waals surface area contributed by atoms with Gasteiger partial charge in [0.1, 0.15) is 5.75 Å². The van der Waals surface area contributed by atoms with Gasteiger partial charge < -0.3 is 15.2 Å². The Morgan fingerprint density at radius 3 is 2.44 bits per heavy atom. The zero-order chi connectivity index (χ0) is 13.5. The minimum Gasteiger partial charge on any atom is -0.479 e. The third-order valence-electron chi connectivity index (χ3n) is 2.74. The Morgan fingerprint density at radius 2 is 1.94 bits per heavy atom. The molecule has 100 valence electrons. The van der Waals surface area contributed by atoms with E-state index in [1.165, 1.54) is 12.5 Å². The fraction of sp³-hybridized carbons (Fsp3) is 0.500. The lowest BCUT2D eigenvalue weighted by Crippen LogP contribution is -2.23.